The fourth-order valence-corrected chi connectivity index (χ4v) is 5.92. The predicted octanol–water partition coefficient (Wildman–Crippen LogP) is 1.41. The van der Waals surface area contributed by atoms with Crippen molar-refractivity contribution in [1.29, 1.82) is 0 Å². The molecule has 2 aliphatic rings. The average Bonchev–Trinajstić information content (AvgIpc) is 3.41. The van der Waals surface area contributed by atoms with Crippen molar-refractivity contribution in [3.05, 3.63) is 138 Å². The summed E-state index contributed by atoms with van der Waals surface area (Å²) in [6.07, 6.45) is 1.82. The van der Waals surface area contributed by atoms with E-state index in [-0.39, 0.29) is 24.6 Å². The van der Waals surface area contributed by atoms with Crippen LogP contribution in [0.2, 0.25) is 0 Å². The minimum absolute atomic E-state index is 0.0520. The summed E-state index contributed by atoms with van der Waals surface area (Å²) in [5, 5.41) is 10.3. The Morgan fingerprint density at radius 3 is 1.93 bits per heavy atom. The normalized spacial score (nSPS) is 17.3. The van der Waals surface area contributed by atoms with Gasteiger partial charge in [-0.1, -0.05) is 48.5 Å². The Morgan fingerprint density at radius 2 is 1.32 bits per heavy atom. The molecule has 5 aromatic rings. The zero-order valence-electron chi connectivity index (χ0n) is 21.8. The van der Waals surface area contributed by atoms with E-state index in [0.29, 0.717) is 22.5 Å². The predicted molar refractivity (Wildman–Crippen MR) is 148 cm³/mol. The van der Waals surface area contributed by atoms with Crippen molar-refractivity contribution in [2.24, 2.45) is 0 Å². The molecule has 0 saturated carbocycles. The number of nitrogens with zero attached hydrogens (tertiary/aromatic N) is 6. The van der Waals surface area contributed by atoms with Crippen LogP contribution in [0.3, 0.4) is 0 Å². The topological polar surface area (TPSA) is 127 Å². The smallest absolute Gasteiger partial charge is 0.352 e. The molecule has 0 aliphatic carbocycles. The lowest BCUT2D eigenvalue weighted by molar-refractivity contribution is 0.245. The zero-order valence-corrected chi connectivity index (χ0v) is 21.8. The van der Waals surface area contributed by atoms with E-state index in [1.165, 1.54) is 31.9 Å². The Labute approximate surface area is 231 Å². The maximum Gasteiger partial charge on any atom is 0.352 e. The van der Waals surface area contributed by atoms with Gasteiger partial charge in [0.15, 0.2) is 11.5 Å². The van der Waals surface area contributed by atoms with Crippen molar-refractivity contribution in [3.63, 3.8) is 0 Å². The van der Waals surface area contributed by atoms with E-state index >= 15 is 0 Å². The molecule has 1 N–H and O–H groups in total. The van der Waals surface area contributed by atoms with Crippen LogP contribution in [-0.2, 0) is 13.1 Å². The second-order valence-electron chi connectivity index (χ2n) is 9.88. The van der Waals surface area contributed by atoms with Crippen LogP contribution in [0.4, 0.5) is 0 Å². The number of allylic oxidation sites excluding steroid dienone is 2. The van der Waals surface area contributed by atoms with E-state index in [2.05, 4.69) is 0 Å². The molecule has 0 radical (unpaired) electrons. The zero-order chi connectivity index (χ0) is 28.4. The quantitative estimate of drug-likeness (QED) is 0.336. The fraction of sp³-hybridized carbons (Fsp3) is 0.172. The van der Waals surface area contributed by atoms with E-state index in [1.807, 2.05) is 6.08 Å². The van der Waals surface area contributed by atoms with Crippen molar-refractivity contribution in [2.75, 3.05) is 7.11 Å². The Hall–Kier alpha value is -5.52. The van der Waals surface area contributed by atoms with Gasteiger partial charge in [0, 0.05) is 0 Å². The minimum atomic E-state index is -0.829. The Kier molecular flexibility index (Phi) is 5.39. The van der Waals surface area contributed by atoms with E-state index in [4.69, 9.17) is 4.74 Å². The summed E-state index contributed by atoms with van der Waals surface area (Å²) in [6, 6.07) is 20.4. The molecule has 2 aromatic heterocycles. The SMILES string of the molecule is COc1cc([C@H]2C3=CCn4c(=O)n(-c5ccccc5)c(=O)n4[C@@H]3Cn3c(=O)n(-c4ccccc4)c(=O)n32)ccc1O. The molecule has 7 rings (SSSR count). The number of methoxy groups -OCH3 is 1. The molecule has 41 heavy (non-hydrogen) atoms. The van der Waals surface area contributed by atoms with Crippen molar-refractivity contribution in [3.8, 4) is 22.9 Å². The first-order valence-electron chi connectivity index (χ1n) is 13.0. The number of aromatic nitrogens is 6. The highest BCUT2D eigenvalue weighted by Crippen LogP contribution is 2.40. The number of rotatable bonds is 4. The maximum atomic E-state index is 13.9. The molecule has 12 heteroatoms. The minimum Gasteiger partial charge on any atom is -0.504 e. The Bertz CT molecular complexity index is 2090. The third-order valence-corrected chi connectivity index (χ3v) is 7.75. The molecule has 2 aliphatic heterocycles. The van der Waals surface area contributed by atoms with E-state index < -0.39 is 34.8 Å². The van der Waals surface area contributed by atoms with Gasteiger partial charge in [-0.2, -0.15) is 0 Å². The molecule has 0 unspecified atom stereocenters. The van der Waals surface area contributed by atoms with Gasteiger partial charge < -0.3 is 9.84 Å². The van der Waals surface area contributed by atoms with Crippen molar-refractivity contribution >= 4 is 0 Å². The third kappa shape index (κ3) is 3.46. The van der Waals surface area contributed by atoms with Crippen LogP contribution in [0.25, 0.3) is 11.4 Å². The van der Waals surface area contributed by atoms with Gasteiger partial charge in [-0.05, 0) is 47.5 Å². The molecule has 12 nitrogen and oxygen atoms in total. The molecule has 0 fully saturated rings. The molecule has 206 valence electrons. The van der Waals surface area contributed by atoms with E-state index in [1.54, 1.807) is 72.8 Å². The molecule has 0 bridgehead atoms. The summed E-state index contributed by atoms with van der Waals surface area (Å²) in [6.45, 7) is 0.0352. The number of hydrogen-bond donors (Lipinski definition) is 1. The van der Waals surface area contributed by atoms with E-state index in [9.17, 15) is 24.3 Å². The number of para-hydroxylation sites is 2. The van der Waals surface area contributed by atoms with E-state index in [0.717, 1.165) is 9.13 Å². The van der Waals surface area contributed by atoms with Crippen molar-refractivity contribution < 1.29 is 9.84 Å². The van der Waals surface area contributed by atoms with Gasteiger partial charge in [0.1, 0.15) is 6.04 Å². The molecule has 4 heterocycles. The standard InChI is InChI=1S/C29H24N6O6/c1-41-24-16-18(12-13-23(24)36)25-21-14-15-30-26(37)32(19-8-4-2-5-9-19)28(39)34(30)22(21)17-31-27(38)33(29(40)35(25)31)20-10-6-3-7-11-20/h2-14,16,22,25,36H,15,17H2,1H3/t22-,25+/m1/s1. The summed E-state index contributed by atoms with van der Waals surface area (Å²) in [4.78, 5) is 55.0. The molecule has 0 spiro atoms. The highest BCUT2D eigenvalue weighted by Gasteiger charge is 2.41. The monoisotopic (exact) mass is 552 g/mol. The molecule has 3 aromatic carbocycles. The maximum absolute atomic E-state index is 13.9. The first kappa shape index (κ1) is 24.5. The lowest BCUT2D eigenvalue weighted by Gasteiger charge is -2.37. The lowest BCUT2D eigenvalue weighted by atomic mass is 9.90. The average molecular weight is 553 g/mol. The van der Waals surface area contributed by atoms with Gasteiger partial charge in [0.25, 0.3) is 0 Å². The van der Waals surface area contributed by atoms with Crippen molar-refractivity contribution in [1.82, 2.24) is 27.9 Å². The van der Waals surface area contributed by atoms with Gasteiger partial charge in [-0.15, -0.1) is 0 Å². The third-order valence-electron chi connectivity index (χ3n) is 7.75. The first-order valence-corrected chi connectivity index (χ1v) is 13.0. The van der Waals surface area contributed by atoms with Crippen LogP contribution < -0.4 is 27.5 Å². The summed E-state index contributed by atoms with van der Waals surface area (Å²) >= 11 is 0. The number of phenolic OH excluding ortho intramolecular Hbond substituents is 1. The largest absolute Gasteiger partial charge is 0.504 e. The summed E-state index contributed by atoms with van der Waals surface area (Å²) in [7, 11) is 1.42. The Balaban J connectivity index is 1.50. The highest BCUT2D eigenvalue weighted by molar-refractivity contribution is 5.46. The molecule has 0 saturated heterocycles. The number of benzene rings is 3. The molecular formula is C29H24N6O6. The molecule has 0 amide bonds. The van der Waals surface area contributed by atoms with Crippen LogP contribution in [0.15, 0.2) is 110 Å². The number of hydrogen-bond acceptors (Lipinski definition) is 6. The summed E-state index contributed by atoms with van der Waals surface area (Å²) < 4.78 is 12.9. The number of fused-ring (bicyclic) bond motifs is 4. The molecule has 2 atom stereocenters. The van der Waals surface area contributed by atoms with Gasteiger partial charge in [0.05, 0.1) is 37.6 Å². The summed E-state index contributed by atoms with van der Waals surface area (Å²) in [5.41, 5.74) is -0.138. The first-order chi connectivity index (χ1) is 19.9. The van der Waals surface area contributed by atoms with Gasteiger partial charge >= 0.3 is 22.8 Å². The number of ether oxygens (including phenoxy) is 1. The van der Waals surface area contributed by atoms with Crippen molar-refractivity contribution in [2.45, 2.75) is 25.2 Å². The Morgan fingerprint density at radius 1 is 0.732 bits per heavy atom. The molecular weight excluding hydrogens is 528 g/mol. The van der Waals surface area contributed by atoms with Crippen LogP contribution in [-0.4, -0.2) is 40.1 Å². The number of phenols is 1. The number of aromatic hydroxyl groups is 1. The highest BCUT2D eigenvalue weighted by atomic mass is 16.5. The van der Waals surface area contributed by atoms with Gasteiger partial charge in [-0.3, -0.25) is 0 Å². The second kappa shape index (κ2) is 9.01. The fourth-order valence-electron chi connectivity index (χ4n) is 5.92. The van der Waals surface area contributed by atoms with Crippen LogP contribution in [0, 0.1) is 0 Å². The van der Waals surface area contributed by atoms with Crippen LogP contribution in [0.5, 0.6) is 11.5 Å². The van der Waals surface area contributed by atoms with Crippen LogP contribution in [0.1, 0.15) is 17.6 Å². The van der Waals surface area contributed by atoms with Gasteiger partial charge in [0.2, 0.25) is 0 Å². The second-order valence-corrected chi connectivity index (χ2v) is 9.88. The summed E-state index contributed by atoms with van der Waals surface area (Å²) in [5.74, 6) is 0.104. The van der Waals surface area contributed by atoms with Gasteiger partial charge in [-0.25, -0.2) is 47.0 Å². The lowest BCUT2D eigenvalue weighted by Crippen LogP contribution is -2.46. The van der Waals surface area contributed by atoms with Crippen LogP contribution >= 0.6 is 0 Å².